The van der Waals surface area contributed by atoms with Gasteiger partial charge in [0.15, 0.2) is 11.5 Å². The van der Waals surface area contributed by atoms with E-state index >= 15 is 0 Å². The zero-order valence-corrected chi connectivity index (χ0v) is 15.4. The summed E-state index contributed by atoms with van der Waals surface area (Å²) in [6.45, 7) is 7.56. The first-order valence-corrected chi connectivity index (χ1v) is 8.79. The third-order valence-electron chi connectivity index (χ3n) is 4.71. The molecule has 1 aromatic carbocycles. The van der Waals surface area contributed by atoms with E-state index in [0.29, 0.717) is 22.9 Å². The van der Waals surface area contributed by atoms with Crippen molar-refractivity contribution in [3.8, 4) is 0 Å². The summed E-state index contributed by atoms with van der Waals surface area (Å²) < 4.78 is 0. The third-order valence-corrected chi connectivity index (χ3v) is 4.71. The van der Waals surface area contributed by atoms with Crippen molar-refractivity contribution in [3.63, 3.8) is 0 Å². The summed E-state index contributed by atoms with van der Waals surface area (Å²) in [4.78, 5) is 22.7. The Morgan fingerprint density at radius 3 is 2.31 bits per heavy atom. The van der Waals surface area contributed by atoms with Crippen LogP contribution >= 0.6 is 0 Å². The molecule has 0 radical (unpaired) electrons. The van der Waals surface area contributed by atoms with Gasteiger partial charge in [0, 0.05) is 30.4 Å². The van der Waals surface area contributed by atoms with Gasteiger partial charge in [0.25, 0.3) is 0 Å². The highest BCUT2D eigenvalue weighted by atomic mass is 16.4. The van der Waals surface area contributed by atoms with Crippen molar-refractivity contribution in [2.75, 3.05) is 18.0 Å². The minimum atomic E-state index is -1.07. The maximum Gasteiger partial charge on any atom is 0.354 e. The molecule has 136 valence electrons. The Morgan fingerprint density at radius 1 is 1.15 bits per heavy atom. The lowest BCUT2D eigenvalue weighted by Crippen LogP contribution is -2.21. The van der Waals surface area contributed by atoms with Gasteiger partial charge in [-0.1, -0.05) is 18.2 Å². The molecule has 0 atom stereocenters. The molecule has 2 heterocycles. The molecule has 1 aliphatic rings. The van der Waals surface area contributed by atoms with Gasteiger partial charge in [-0.25, -0.2) is 14.8 Å². The minimum Gasteiger partial charge on any atom is -0.477 e. The molecule has 3 rings (SSSR count). The number of aromatic nitrogens is 2. The second-order valence-corrected chi connectivity index (χ2v) is 6.76. The highest BCUT2D eigenvalue weighted by Gasteiger charge is 2.22. The number of allylic oxidation sites excluding steroid dienone is 1. The van der Waals surface area contributed by atoms with Crippen LogP contribution in [-0.2, 0) is 0 Å². The Kier molecular flexibility index (Phi) is 4.93. The zero-order valence-electron chi connectivity index (χ0n) is 15.4. The molecule has 0 aliphatic carbocycles. The maximum atomic E-state index is 11.6. The van der Waals surface area contributed by atoms with Crippen LogP contribution in [0.1, 0.15) is 52.8 Å². The number of carboxylic acids is 1. The van der Waals surface area contributed by atoms with Crippen LogP contribution in [0.4, 0.5) is 5.82 Å². The molecule has 1 saturated heterocycles. The Bertz CT molecular complexity index is 859. The van der Waals surface area contributed by atoms with Crippen molar-refractivity contribution in [1.82, 2.24) is 9.97 Å². The van der Waals surface area contributed by atoms with Crippen molar-refractivity contribution in [2.24, 2.45) is 5.73 Å². The van der Waals surface area contributed by atoms with Crippen molar-refractivity contribution in [2.45, 2.75) is 33.6 Å². The number of hydrogen-bond donors (Lipinski definition) is 2. The van der Waals surface area contributed by atoms with Gasteiger partial charge in [-0.05, 0) is 50.3 Å². The van der Waals surface area contributed by atoms with E-state index < -0.39 is 5.97 Å². The summed E-state index contributed by atoms with van der Waals surface area (Å²) in [6.07, 6.45) is 2.16. The number of aryl methyl sites for hydroxylation is 2. The number of nitrogens with two attached hydrogens (primary N) is 1. The molecule has 0 spiro atoms. The Balaban J connectivity index is 2.22. The molecular weight excluding hydrogens is 328 g/mol. The average molecular weight is 352 g/mol. The number of rotatable bonds is 4. The van der Waals surface area contributed by atoms with Crippen molar-refractivity contribution in [1.29, 1.82) is 0 Å². The van der Waals surface area contributed by atoms with Crippen LogP contribution in [0.25, 0.3) is 5.57 Å². The predicted octanol–water partition coefficient (Wildman–Crippen LogP) is 3.13. The number of anilines is 1. The van der Waals surface area contributed by atoms with E-state index in [1.807, 2.05) is 32.0 Å². The number of hydrogen-bond acceptors (Lipinski definition) is 5. The summed E-state index contributed by atoms with van der Waals surface area (Å²) in [5.74, 6) is -0.0521. The fourth-order valence-electron chi connectivity index (χ4n) is 3.46. The average Bonchev–Trinajstić information content (AvgIpc) is 3.12. The molecule has 6 nitrogen and oxygen atoms in total. The predicted molar refractivity (Wildman–Crippen MR) is 102 cm³/mol. The van der Waals surface area contributed by atoms with Crippen molar-refractivity contribution < 1.29 is 9.90 Å². The van der Waals surface area contributed by atoms with Crippen LogP contribution in [0.5, 0.6) is 0 Å². The van der Waals surface area contributed by atoms with Gasteiger partial charge >= 0.3 is 5.97 Å². The molecule has 1 aromatic heterocycles. The quantitative estimate of drug-likeness (QED) is 0.878. The van der Waals surface area contributed by atoms with Gasteiger partial charge in [-0.15, -0.1) is 0 Å². The van der Waals surface area contributed by atoms with E-state index in [0.717, 1.165) is 42.6 Å². The molecular formula is C20H24N4O2. The van der Waals surface area contributed by atoms with Crippen LogP contribution < -0.4 is 10.6 Å². The maximum absolute atomic E-state index is 11.6. The minimum absolute atomic E-state index is 0.0121. The van der Waals surface area contributed by atoms with Gasteiger partial charge in [-0.3, -0.25) is 0 Å². The standard InChI is InChI=1S/C20H24N4O2/c1-12-7-6-8-13(2)17(12)18(14(3)21)19-22-15(20(25)26)11-16(23-19)24-9-4-5-10-24/h6-8,11H,4-5,9-10,21H2,1-3H3,(H,25,26). The molecule has 1 fully saturated rings. The summed E-state index contributed by atoms with van der Waals surface area (Å²) in [5.41, 5.74) is 10.5. The number of aromatic carboxylic acids is 1. The van der Waals surface area contributed by atoms with Crippen molar-refractivity contribution in [3.05, 3.63) is 58.2 Å². The first-order valence-electron chi connectivity index (χ1n) is 8.79. The van der Waals surface area contributed by atoms with E-state index in [-0.39, 0.29) is 5.69 Å². The molecule has 6 heteroatoms. The topological polar surface area (TPSA) is 92.3 Å². The normalized spacial score (nSPS) is 15.1. The number of carbonyl (C=O) groups is 1. The Hall–Kier alpha value is -2.89. The first-order chi connectivity index (χ1) is 12.4. The Morgan fingerprint density at radius 2 is 1.77 bits per heavy atom. The molecule has 0 amide bonds. The summed E-state index contributed by atoms with van der Waals surface area (Å²) in [7, 11) is 0. The van der Waals surface area contributed by atoms with Crippen LogP contribution in [-0.4, -0.2) is 34.1 Å². The lowest BCUT2D eigenvalue weighted by molar-refractivity contribution is 0.0690. The monoisotopic (exact) mass is 352 g/mol. The highest BCUT2D eigenvalue weighted by molar-refractivity contribution is 5.88. The Labute approximate surface area is 153 Å². The smallest absolute Gasteiger partial charge is 0.354 e. The molecule has 0 bridgehead atoms. The number of carboxylic acid groups (broad SMARTS) is 1. The van der Waals surface area contributed by atoms with Gasteiger partial charge in [0.05, 0.1) is 0 Å². The van der Waals surface area contributed by atoms with E-state index in [1.165, 1.54) is 0 Å². The molecule has 1 aliphatic heterocycles. The van der Waals surface area contributed by atoms with Gasteiger partial charge in [-0.2, -0.15) is 0 Å². The van der Waals surface area contributed by atoms with Crippen LogP contribution in [0, 0.1) is 13.8 Å². The zero-order chi connectivity index (χ0) is 18.8. The molecule has 2 aromatic rings. The van der Waals surface area contributed by atoms with E-state index in [2.05, 4.69) is 9.88 Å². The summed E-state index contributed by atoms with van der Waals surface area (Å²) >= 11 is 0. The highest BCUT2D eigenvalue weighted by Crippen LogP contribution is 2.30. The SMILES string of the molecule is CC(N)=C(c1nc(C(=O)O)cc(N2CCCC2)n1)c1c(C)cccc1C. The molecule has 0 unspecified atom stereocenters. The first kappa shape index (κ1) is 17.9. The second-order valence-electron chi connectivity index (χ2n) is 6.76. The number of benzene rings is 1. The second kappa shape index (κ2) is 7.15. The lowest BCUT2D eigenvalue weighted by atomic mass is 9.94. The van der Waals surface area contributed by atoms with Crippen molar-refractivity contribution >= 4 is 17.4 Å². The molecule has 0 saturated carbocycles. The van der Waals surface area contributed by atoms with Gasteiger partial charge < -0.3 is 15.7 Å². The number of nitrogens with zero attached hydrogens (tertiary/aromatic N) is 3. The van der Waals surface area contributed by atoms with Crippen LogP contribution in [0.3, 0.4) is 0 Å². The van der Waals surface area contributed by atoms with Crippen LogP contribution in [0.2, 0.25) is 0 Å². The largest absolute Gasteiger partial charge is 0.477 e. The van der Waals surface area contributed by atoms with E-state index in [9.17, 15) is 9.90 Å². The molecule has 26 heavy (non-hydrogen) atoms. The summed E-state index contributed by atoms with van der Waals surface area (Å²) in [5, 5.41) is 9.52. The molecule has 3 N–H and O–H groups in total. The van der Waals surface area contributed by atoms with Crippen LogP contribution in [0.15, 0.2) is 30.0 Å². The fourth-order valence-corrected chi connectivity index (χ4v) is 3.46. The van der Waals surface area contributed by atoms with Gasteiger partial charge in [0.1, 0.15) is 5.82 Å². The summed E-state index contributed by atoms with van der Waals surface area (Å²) in [6, 6.07) is 7.55. The van der Waals surface area contributed by atoms with E-state index in [1.54, 1.807) is 13.0 Å². The fraction of sp³-hybridized carbons (Fsp3) is 0.350. The third kappa shape index (κ3) is 3.40. The van der Waals surface area contributed by atoms with E-state index in [4.69, 9.17) is 10.7 Å². The van der Waals surface area contributed by atoms with Gasteiger partial charge in [0.2, 0.25) is 0 Å². The lowest BCUT2D eigenvalue weighted by Gasteiger charge is -2.20.